The molecule has 0 aromatic heterocycles. The minimum absolute atomic E-state index is 0.0964. The summed E-state index contributed by atoms with van der Waals surface area (Å²) in [6, 6.07) is 0. The van der Waals surface area contributed by atoms with Gasteiger partial charge in [0.1, 0.15) is 13.2 Å². The van der Waals surface area contributed by atoms with Crippen molar-refractivity contribution >= 4 is 17.9 Å². The molecule has 0 aliphatic rings. The van der Waals surface area contributed by atoms with Crippen molar-refractivity contribution < 1.29 is 28.6 Å². The Balaban J connectivity index is 4.43. The number of hydrogen-bond donors (Lipinski definition) is 0. The third kappa shape index (κ3) is 49.5. The average Bonchev–Trinajstić information content (AvgIpc) is 3.28. The van der Waals surface area contributed by atoms with Gasteiger partial charge >= 0.3 is 17.9 Å². The standard InChI is InChI=1S/C57H96O6/c1-4-7-10-13-16-19-22-24-26-27-28-29-31-33-36-39-42-45-48-51-57(60)63-54(52-61-55(58)49-46-43-40-37-34-21-18-15-12-9-6-3)53-62-56(59)50-47-44-41-38-35-32-30-25-23-20-17-14-11-8-5-2/h8,11,15-20,24-26,30,35,38,54H,4-7,9-10,12-14,21-23,27-29,31-34,36-37,39-53H2,1-3H3/b11-8-,18-15-,19-16-,20-17-,26-24-,30-25-,38-35-/t54-/m0/s1. The first kappa shape index (κ1) is 59.6. The molecule has 0 aliphatic heterocycles. The van der Waals surface area contributed by atoms with Crippen LogP contribution in [-0.2, 0) is 28.6 Å². The molecule has 0 fully saturated rings. The Kier molecular flexibility index (Phi) is 48.5. The zero-order valence-corrected chi connectivity index (χ0v) is 41.1. The molecule has 0 radical (unpaired) electrons. The van der Waals surface area contributed by atoms with Crippen LogP contribution < -0.4 is 0 Å². The van der Waals surface area contributed by atoms with Crippen LogP contribution in [0, 0.1) is 0 Å². The van der Waals surface area contributed by atoms with E-state index in [2.05, 4.69) is 106 Å². The van der Waals surface area contributed by atoms with E-state index >= 15 is 0 Å². The van der Waals surface area contributed by atoms with Crippen LogP contribution >= 0.6 is 0 Å². The molecule has 0 saturated heterocycles. The van der Waals surface area contributed by atoms with Gasteiger partial charge in [0.05, 0.1) is 0 Å². The van der Waals surface area contributed by atoms with Crippen molar-refractivity contribution in [2.75, 3.05) is 13.2 Å². The highest BCUT2D eigenvalue weighted by atomic mass is 16.6. The first-order valence-corrected chi connectivity index (χ1v) is 26.1. The quantitative estimate of drug-likeness (QED) is 0.0262. The second kappa shape index (κ2) is 51.2. The number of ether oxygens (including phenoxy) is 3. The van der Waals surface area contributed by atoms with Gasteiger partial charge in [-0.15, -0.1) is 0 Å². The highest BCUT2D eigenvalue weighted by Gasteiger charge is 2.19. The summed E-state index contributed by atoms with van der Waals surface area (Å²) < 4.78 is 16.7. The van der Waals surface area contributed by atoms with Crippen LogP contribution in [0.25, 0.3) is 0 Å². The number of esters is 3. The van der Waals surface area contributed by atoms with Crippen molar-refractivity contribution in [2.45, 2.75) is 245 Å². The minimum atomic E-state index is -0.798. The van der Waals surface area contributed by atoms with E-state index < -0.39 is 6.10 Å². The minimum Gasteiger partial charge on any atom is -0.462 e. The number of carbonyl (C=O) groups excluding carboxylic acids is 3. The van der Waals surface area contributed by atoms with Crippen LogP contribution in [0.3, 0.4) is 0 Å². The van der Waals surface area contributed by atoms with Crippen molar-refractivity contribution in [1.29, 1.82) is 0 Å². The molecule has 6 heteroatoms. The Morgan fingerprint density at radius 2 is 0.635 bits per heavy atom. The summed E-state index contributed by atoms with van der Waals surface area (Å²) in [5, 5.41) is 0. The van der Waals surface area contributed by atoms with Gasteiger partial charge in [-0.2, -0.15) is 0 Å². The molecular formula is C57H96O6. The SMILES string of the molecule is CC/C=C\C/C=C\C/C=C\C/C=C\CCCCC(=O)OC[C@H](COC(=O)CCCCCCC/C=C\CCCC)OC(=O)CCCCCCCCCCC/C=C\C/C=C\CCCCC. The van der Waals surface area contributed by atoms with Crippen LogP contribution in [0.2, 0.25) is 0 Å². The second-order valence-electron chi connectivity index (χ2n) is 17.0. The first-order chi connectivity index (χ1) is 31.0. The van der Waals surface area contributed by atoms with Gasteiger partial charge in [0.15, 0.2) is 6.10 Å². The van der Waals surface area contributed by atoms with Crippen LogP contribution in [-0.4, -0.2) is 37.2 Å². The topological polar surface area (TPSA) is 78.9 Å². The smallest absolute Gasteiger partial charge is 0.306 e. The molecule has 360 valence electrons. The maximum Gasteiger partial charge on any atom is 0.306 e. The molecule has 0 amide bonds. The lowest BCUT2D eigenvalue weighted by Gasteiger charge is -2.18. The van der Waals surface area contributed by atoms with Gasteiger partial charge in [-0.1, -0.05) is 196 Å². The Morgan fingerprint density at radius 3 is 1.06 bits per heavy atom. The van der Waals surface area contributed by atoms with E-state index in [0.29, 0.717) is 19.3 Å². The number of allylic oxidation sites excluding steroid dienone is 14. The molecule has 6 nitrogen and oxygen atoms in total. The number of rotatable bonds is 46. The number of carbonyl (C=O) groups is 3. The predicted octanol–water partition coefficient (Wildman–Crippen LogP) is 17.2. The Bertz CT molecular complexity index is 1240. The summed E-state index contributed by atoms with van der Waals surface area (Å²) in [5.41, 5.74) is 0. The Labute approximate surface area is 388 Å². The summed E-state index contributed by atoms with van der Waals surface area (Å²) in [6.07, 6.45) is 65.7. The fourth-order valence-electron chi connectivity index (χ4n) is 6.91. The van der Waals surface area contributed by atoms with Crippen molar-refractivity contribution in [3.63, 3.8) is 0 Å². The van der Waals surface area contributed by atoms with Gasteiger partial charge in [0, 0.05) is 19.3 Å². The highest BCUT2D eigenvalue weighted by Crippen LogP contribution is 2.14. The van der Waals surface area contributed by atoms with E-state index in [4.69, 9.17) is 14.2 Å². The lowest BCUT2D eigenvalue weighted by molar-refractivity contribution is -0.167. The van der Waals surface area contributed by atoms with Crippen LogP contribution in [0.4, 0.5) is 0 Å². The first-order valence-electron chi connectivity index (χ1n) is 26.1. The fourth-order valence-corrected chi connectivity index (χ4v) is 6.91. The molecule has 0 unspecified atom stereocenters. The second-order valence-corrected chi connectivity index (χ2v) is 17.0. The van der Waals surface area contributed by atoms with Crippen molar-refractivity contribution in [2.24, 2.45) is 0 Å². The largest absolute Gasteiger partial charge is 0.462 e. The third-order valence-electron chi connectivity index (χ3n) is 10.9. The van der Waals surface area contributed by atoms with Crippen LogP contribution in [0.5, 0.6) is 0 Å². The van der Waals surface area contributed by atoms with Gasteiger partial charge in [-0.3, -0.25) is 14.4 Å². The summed E-state index contributed by atoms with van der Waals surface area (Å²) in [6.45, 7) is 6.41. The summed E-state index contributed by atoms with van der Waals surface area (Å²) in [5.74, 6) is -0.954. The summed E-state index contributed by atoms with van der Waals surface area (Å²) >= 11 is 0. The van der Waals surface area contributed by atoms with E-state index in [1.807, 2.05) is 0 Å². The lowest BCUT2D eigenvalue weighted by atomic mass is 10.1. The number of unbranched alkanes of at least 4 members (excludes halogenated alkanes) is 21. The van der Waals surface area contributed by atoms with E-state index in [1.54, 1.807) is 0 Å². The monoisotopic (exact) mass is 877 g/mol. The zero-order chi connectivity index (χ0) is 45.8. The molecule has 0 spiro atoms. The van der Waals surface area contributed by atoms with Crippen LogP contribution in [0.1, 0.15) is 239 Å². The predicted molar refractivity (Wildman–Crippen MR) is 270 cm³/mol. The molecule has 0 aromatic rings. The molecule has 0 heterocycles. The summed E-state index contributed by atoms with van der Waals surface area (Å²) in [4.78, 5) is 37.9. The van der Waals surface area contributed by atoms with Gasteiger partial charge < -0.3 is 14.2 Å². The average molecular weight is 877 g/mol. The van der Waals surface area contributed by atoms with Crippen LogP contribution in [0.15, 0.2) is 85.1 Å². The molecule has 0 saturated carbocycles. The van der Waals surface area contributed by atoms with Gasteiger partial charge in [-0.25, -0.2) is 0 Å². The zero-order valence-electron chi connectivity index (χ0n) is 41.1. The van der Waals surface area contributed by atoms with E-state index in [-0.39, 0.29) is 31.1 Å². The molecular weight excluding hydrogens is 781 g/mol. The third-order valence-corrected chi connectivity index (χ3v) is 10.9. The van der Waals surface area contributed by atoms with Gasteiger partial charge in [0.2, 0.25) is 0 Å². The van der Waals surface area contributed by atoms with Crippen molar-refractivity contribution in [3.8, 4) is 0 Å². The highest BCUT2D eigenvalue weighted by molar-refractivity contribution is 5.71. The molecule has 0 bridgehead atoms. The molecule has 1 atom stereocenters. The van der Waals surface area contributed by atoms with Gasteiger partial charge in [0.25, 0.3) is 0 Å². The number of hydrogen-bond acceptors (Lipinski definition) is 6. The van der Waals surface area contributed by atoms with E-state index in [0.717, 1.165) is 103 Å². The molecule has 0 aliphatic carbocycles. The molecule has 0 N–H and O–H groups in total. The van der Waals surface area contributed by atoms with E-state index in [9.17, 15) is 14.4 Å². The molecule has 0 aromatic carbocycles. The van der Waals surface area contributed by atoms with E-state index in [1.165, 1.54) is 96.3 Å². The maximum absolute atomic E-state index is 12.8. The lowest BCUT2D eigenvalue weighted by Crippen LogP contribution is -2.30. The maximum atomic E-state index is 12.8. The normalized spacial score (nSPS) is 12.7. The van der Waals surface area contributed by atoms with Crippen molar-refractivity contribution in [1.82, 2.24) is 0 Å². The fraction of sp³-hybridized carbons (Fsp3) is 0.702. The molecule has 63 heavy (non-hydrogen) atoms. The van der Waals surface area contributed by atoms with Gasteiger partial charge in [-0.05, 0) is 109 Å². The Morgan fingerprint density at radius 1 is 0.333 bits per heavy atom. The molecule has 0 rings (SSSR count). The summed E-state index contributed by atoms with van der Waals surface area (Å²) in [7, 11) is 0. The Hall–Kier alpha value is -3.41. The van der Waals surface area contributed by atoms with Crippen molar-refractivity contribution in [3.05, 3.63) is 85.1 Å².